The van der Waals surface area contributed by atoms with Gasteiger partial charge in [0.25, 0.3) is 0 Å². The molecule has 3 rings (SSSR count). The van der Waals surface area contributed by atoms with Crippen molar-refractivity contribution in [2.45, 2.75) is 27.2 Å². The van der Waals surface area contributed by atoms with E-state index < -0.39 is 0 Å². The van der Waals surface area contributed by atoms with E-state index in [1.807, 2.05) is 0 Å². The van der Waals surface area contributed by atoms with Gasteiger partial charge in [-0.1, -0.05) is 36.0 Å². The van der Waals surface area contributed by atoms with Gasteiger partial charge in [-0.3, -0.25) is 0 Å². The maximum atomic E-state index is 5.99. The summed E-state index contributed by atoms with van der Waals surface area (Å²) in [5, 5.41) is 5.63. The monoisotopic (exact) mass is 365 g/mol. The fourth-order valence-electron chi connectivity index (χ4n) is 2.81. The molecule has 0 atom stereocenters. The van der Waals surface area contributed by atoms with Crippen molar-refractivity contribution in [2.24, 2.45) is 0 Å². The minimum Gasteiger partial charge on any atom is -0.399 e. The van der Waals surface area contributed by atoms with E-state index in [1.165, 1.54) is 32.3 Å². The van der Waals surface area contributed by atoms with Crippen molar-refractivity contribution >= 4 is 43.8 Å². The molecule has 1 nitrogen and oxygen atoms in total. The molecule has 2 aromatic carbocycles. The zero-order valence-corrected chi connectivity index (χ0v) is 16.6. The van der Waals surface area contributed by atoms with Crippen LogP contribution in [0.4, 0.5) is 5.69 Å². The summed E-state index contributed by atoms with van der Waals surface area (Å²) in [6, 6.07) is 13.0. The van der Waals surface area contributed by atoms with Crippen LogP contribution in [0.2, 0.25) is 0 Å². The molecule has 2 N–H and O–H groups in total. The number of nitrogen functional groups attached to an aromatic ring is 1. The van der Waals surface area contributed by atoms with Crippen molar-refractivity contribution in [3.05, 3.63) is 81.6 Å². The zero-order chi connectivity index (χ0) is 18.0. The van der Waals surface area contributed by atoms with Crippen molar-refractivity contribution in [2.75, 3.05) is 5.73 Å². The third kappa shape index (κ3) is 4.17. The second-order valence-electron chi connectivity index (χ2n) is 6.49. The molecule has 0 spiro atoms. The van der Waals surface area contributed by atoms with Crippen molar-refractivity contribution < 1.29 is 0 Å². The van der Waals surface area contributed by atoms with Gasteiger partial charge >= 0.3 is 0 Å². The highest BCUT2D eigenvalue weighted by Crippen LogP contribution is 2.32. The van der Waals surface area contributed by atoms with E-state index in [1.54, 1.807) is 23.1 Å². The van der Waals surface area contributed by atoms with Gasteiger partial charge in [0, 0.05) is 15.3 Å². The van der Waals surface area contributed by atoms with Crippen LogP contribution in [0.1, 0.15) is 29.2 Å². The summed E-state index contributed by atoms with van der Waals surface area (Å²) in [6.07, 6.45) is 0.941. The van der Waals surface area contributed by atoms with E-state index >= 15 is 0 Å². The summed E-state index contributed by atoms with van der Waals surface area (Å²) in [7, 11) is 0. The maximum absolute atomic E-state index is 5.99. The number of rotatable bonds is 5. The second-order valence-corrected chi connectivity index (χ2v) is 8.40. The van der Waals surface area contributed by atoms with Gasteiger partial charge in [0.05, 0.1) is 0 Å². The van der Waals surface area contributed by atoms with Gasteiger partial charge in [-0.05, 0) is 89.9 Å². The fraction of sp³-hybridized carbons (Fsp3) is 0.182. The number of fused-ring (bicyclic) bond motifs is 1. The molecule has 0 amide bonds. The number of benzene rings is 2. The highest BCUT2D eigenvalue weighted by molar-refractivity contribution is 8.10. The molecule has 25 heavy (non-hydrogen) atoms. The standard InChI is InChI=1S/C22H23NS2/c1-14(9-20-10-16(3)21(23)11-15(20)2)13-25-17(4)18-5-6-22-19(12-18)7-8-24-22/h5-8,10-13H,4,9,23H2,1-3H3/b14-13+. The first kappa shape index (κ1) is 17.8. The summed E-state index contributed by atoms with van der Waals surface area (Å²) in [6.45, 7) is 10.6. The lowest BCUT2D eigenvalue weighted by Crippen LogP contribution is -1.96. The Labute approximate surface area is 158 Å². The summed E-state index contributed by atoms with van der Waals surface area (Å²) in [5.74, 6) is 0. The Hall–Kier alpha value is -1.97. The number of nitrogens with two attached hydrogens (primary N) is 1. The predicted octanol–water partition coefficient (Wildman–Crippen LogP) is 6.95. The second kappa shape index (κ2) is 7.51. The fourth-order valence-corrected chi connectivity index (χ4v) is 4.27. The maximum Gasteiger partial charge on any atom is 0.0346 e. The molecule has 3 aromatic rings. The summed E-state index contributed by atoms with van der Waals surface area (Å²) in [4.78, 5) is 1.08. The van der Waals surface area contributed by atoms with Gasteiger partial charge in [-0.2, -0.15) is 0 Å². The van der Waals surface area contributed by atoms with Crippen molar-refractivity contribution in [3.8, 4) is 0 Å². The Morgan fingerprint density at radius 3 is 2.76 bits per heavy atom. The smallest absolute Gasteiger partial charge is 0.0346 e. The number of aryl methyl sites for hydroxylation is 2. The van der Waals surface area contributed by atoms with Gasteiger partial charge in [-0.15, -0.1) is 11.3 Å². The first-order valence-electron chi connectivity index (χ1n) is 8.28. The average molecular weight is 366 g/mol. The molecular weight excluding hydrogens is 342 g/mol. The molecule has 0 aliphatic carbocycles. The lowest BCUT2D eigenvalue weighted by atomic mass is 9.99. The summed E-state index contributed by atoms with van der Waals surface area (Å²) < 4.78 is 1.32. The van der Waals surface area contributed by atoms with Crippen molar-refractivity contribution in [1.29, 1.82) is 0 Å². The molecule has 3 heteroatoms. The number of hydrogen-bond donors (Lipinski definition) is 1. The largest absolute Gasteiger partial charge is 0.399 e. The molecule has 0 aliphatic rings. The van der Waals surface area contributed by atoms with Crippen LogP contribution in [0.25, 0.3) is 15.0 Å². The van der Waals surface area contributed by atoms with Crippen LogP contribution < -0.4 is 5.73 Å². The number of hydrogen-bond acceptors (Lipinski definition) is 3. The molecule has 0 saturated heterocycles. The molecule has 0 unspecified atom stereocenters. The molecule has 0 radical (unpaired) electrons. The Morgan fingerprint density at radius 2 is 1.96 bits per heavy atom. The number of thiophene rings is 1. The topological polar surface area (TPSA) is 26.0 Å². The van der Waals surface area contributed by atoms with Crippen molar-refractivity contribution in [3.63, 3.8) is 0 Å². The van der Waals surface area contributed by atoms with Crippen LogP contribution in [0, 0.1) is 13.8 Å². The molecule has 1 heterocycles. The van der Waals surface area contributed by atoms with E-state index in [0.29, 0.717) is 0 Å². The van der Waals surface area contributed by atoms with Gasteiger partial charge < -0.3 is 5.73 Å². The van der Waals surface area contributed by atoms with Crippen LogP contribution in [0.3, 0.4) is 0 Å². The van der Waals surface area contributed by atoms with Gasteiger partial charge in [-0.25, -0.2) is 0 Å². The number of anilines is 1. The third-order valence-corrected chi connectivity index (χ3v) is 6.31. The van der Waals surface area contributed by atoms with E-state index in [4.69, 9.17) is 5.73 Å². The number of thioether (sulfide) groups is 1. The van der Waals surface area contributed by atoms with Crippen LogP contribution in [0.15, 0.2) is 59.3 Å². The molecule has 128 valence electrons. The van der Waals surface area contributed by atoms with Gasteiger partial charge in [0.1, 0.15) is 0 Å². The first-order chi connectivity index (χ1) is 11.9. The van der Waals surface area contributed by atoms with Crippen LogP contribution in [0.5, 0.6) is 0 Å². The van der Waals surface area contributed by atoms with E-state index in [2.05, 4.69) is 74.5 Å². The lowest BCUT2D eigenvalue weighted by molar-refractivity contribution is 1.11. The van der Waals surface area contributed by atoms with E-state index in [-0.39, 0.29) is 0 Å². The first-order valence-corrected chi connectivity index (χ1v) is 10.0. The van der Waals surface area contributed by atoms with Gasteiger partial charge in [0.2, 0.25) is 0 Å². The minimum atomic E-state index is 0.870. The third-order valence-electron chi connectivity index (χ3n) is 4.37. The van der Waals surface area contributed by atoms with Crippen LogP contribution in [-0.4, -0.2) is 0 Å². The highest BCUT2D eigenvalue weighted by Gasteiger charge is 2.05. The lowest BCUT2D eigenvalue weighted by Gasteiger charge is -2.10. The van der Waals surface area contributed by atoms with Gasteiger partial charge in [0.15, 0.2) is 0 Å². The molecule has 0 saturated carbocycles. The Kier molecular flexibility index (Phi) is 5.36. The van der Waals surface area contributed by atoms with E-state index in [0.717, 1.165) is 22.6 Å². The molecule has 0 bridgehead atoms. The number of allylic oxidation sites excluding steroid dienone is 1. The Balaban J connectivity index is 1.70. The quantitative estimate of drug-likeness (QED) is 0.495. The SMILES string of the molecule is C=C(S/C=C(\C)Cc1cc(C)c(N)cc1C)c1ccc2sccc2c1. The molecule has 0 aliphatic heterocycles. The van der Waals surface area contributed by atoms with Crippen molar-refractivity contribution in [1.82, 2.24) is 0 Å². The highest BCUT2D eigenvalue weighted by atomic mass is 32.2. The minimum absolute atomic E-state index is 0.870. The summed E-state index contributed by atoms with van der Waals surface area (Å²) in [5.41, 5.74) is 13.1. The van der Waals surface area contributed by atoms with E-state index in [9.17, 15) is 0 Å². The molecule has 0 fully saturated rings. The summed E-state index contributed by atoms with van der Waals surface area (Å²) >= 11 is 3.48. The normalized spacial score (nSPS) is 11.9. The molecule has 1 aromatic heterocycles. The zero-order valence-electron chi connectivity index (χ0n) is 14.9. The predicted molar refractivity (Wildman–Crippen MR) is 116 cm³/mol. The molecular formula is C22H23NS2. The Morgan fingerprint density at radius 1 is 1.16 bits per heavy atom. The Bertz CT molecular complexity index is 963. The van der Waals surface area contributed by atoms with Crippen LogP contribution >= 0.6 is 23.1 Å². The average Bonchev–Trinajstić information content (AvgIpc) is 3.05. The van der Waals surface area contributed by atoms with Crippen LogP contribution in [-0.2, 0) is 6.42 Å².